The molecule has 0 aliphatic carbocycles. The van der Waals surface area contributed by atoms with E-state index < -0.39 is 0 Å². The van der Waals surface area contributed by atoms with Crippen molar-refractivity contribution in [2.75, 3.05) is 42.5 Å². The first-order valence-electron chi connectivity index (χ1n) is 7.82. The van der Waals surface area contributed by atoms with E-state index in [4.69, 9.17) is 5.73 Å². The van der Waals surface area contributed by atoms with Gasteiger partial charge in [-0.15, -0.1) is 0 Å². The smallest absolute Gasteiger partial charge is 0.227 e. The fourth-order valence-corrected chi connectivity index (χ4v) is 3.13. The lowest BCUT2D eigenvalue weighted by Crippen LogP contribution is -2.43. The van der Waals surface area contributed by atoms with Gasteiger partial charge in [-0.05, 0) is 30.2 Å². The molecule has 3 N–H and O–H groups in total. The number of carbonyl (C=O) groups excluding carboxylic acids is 2. The Morgan fingerprint density at radius 1 is 1.23 bits per heavy atom. The fourth-order valence-electron chi connectivity index (χ4n) is 3.13. The molecule has 1 fully saturated rings. The van der Waals surface area contributed by atoms with Crippen LogP contribution in [0.5, 0.6) is 0 Å². The van der Waals surface area contributed by atoms with Crippen molar-refractivity contribution < 1.29 is 9.59 Å². The largest absolute Gasteiger partial charge is 0.370 e. The highest BCUT2D eigenvalue weighted by molar-refractivity contribution is 5.97. The Morgan fingerprint density at radius 2 is 2.00 bits per heavy atom. The van der Waals surface area contributed by atoms with Crippen molar-refractivity contribution in [3.63, 3.8) is 0 Å². The van der Waals surface area contributed by atoms with Gasteiger partial charge in [0, 0.05) is 56.9 Å². The minimum Gasteiger partial charge on any atom is -0.370 e. The summed E-state index contributed by atoms with van der Waals surface area (Å²) in [6, 6.07) is 6.26. The van der Waals surface area contributed by atoms with E-state index >= 15 is 0 Å². The molecule has 6 heteroatoms. The molecule has 1 aromatic rings. The molecule has 2 heterocycles. The standard InChI is InChI=1S/C16H22N4O2/c17-15(21)5-8-20-14-3-2-13(19-9-6-18-7-10-19)11-12(14)1-4-16(20)22/h2-3,11,18H,1,4-10H2,(H2,17,21). The number of primary amides is 1. The highest BCUT2D eigenvalue weighted by Gasteiger charge is 2.25. The van der Waals surface area contributed by atoms with E-state index in [0.29, 0.717) is 13.0 Å². The number of amides is 2. The number of fused-ring (bicyclic) bond motifs is 1. The second-order valence-electron chi connectivity index (χ2n) is 5.81. The lowest BCUT2D eigenvalue weighted by atomic mass is 9.99. The van der Waals surface area contributed by atoms with Crippen LogP contribution in [-0.4, -0.2) is 44.5 Å². The van der Waals surface area contributed by atoms with Gasteiger partial charge < -0.3 is 20.9 Å². The van der Waals surface area contributed by atoms with Crippen LogP contribution in [0.15, 0.2) is 18.2 Å². The van der Waals surface area contributed by atoms with Gasteiger partial charge in [0.2, 0.25) is 11.8 Å². The van der Waals surface area contributed by atoms with Gasteiger partial charge in [-0.2, -0.15) is 0 Å². The molecule has 3 rings (SSSR count). The summed E-state index contributed by atoms with van der Waals surface area (Å²) in [5, 5.41) is 3.35. The van der Waals surface area contributed by atoms with Crippen LogP contribution >= 0.6 is 0 Å². The van der Waals surface area contributed by atoms with Crippen molar-refractivity contribution >= 4 is 23.2 Å². The summed E-state index contributed by atoms with van der Waals surface area (Å²) in [5.41, 5.74) is 8.53. The first-order chi connectivity index (χ1) is 10.6. The number of benzene rings is 1. The van der Waals surface area contributed by atoms with E-state index in [0.717, 1.165) is 38.3 Å². The second kappa shape index (κ2) is 6.36. The van der Waals surface area contributed by atoms with E-state index in [9.17, 15) is 9.59 Å². The maximum atomic E-state index is 12.1. The Morgan fingerprint density at radius 3 is 2.73 bits per heavy atom. The van der Waals surface area contributed by atoms with Gasteiger partial charge in [0.1, 0.15) is 0 Å². The van der Waals surface area contributed by atoms with E-state index in [2.05, 4.69) is 22.3 Å². The molecule has 2 aliphatic rings. The fraction of sp³-hybridized carbons (Fsp3) is 0.500. The molecule has 0 bridgehead atoms. The van der Waals surface area contributed by atoms with Crippen LogP contribution in [0.25, 0.3) is 0 Å². The summed E-state index contributed by atoms with van der Waals surface area (Å²) in [5.74, 6) is -0.305. The van der Waals surface area contributed by atoms with Crippen molar-refractivity contribution in [1.82, 2.24) is 5.32 Å². The molecular weight excluding hydrogens is 280 g/mol. The number of rotatable bonds is 4. The predicted octanol–water partition coefficient (Wildman–Crippen LogP) is 0.251. The summed E-state index contributed by atoms with van der Waals surface area (Å²) >= 11 is 0. The third-order valence-corrected chi connectivity index (χ3v) is 4.33. The Balaban J connectivity index is 1.82. The van der Waals surface area contributed by atoms with E-state index in [1.165, 1.54) is 11.3 Å². The molecule has 118 valence electrons. The van der Waals surface area contributed by atoms with Gasteiger partial charge in [0.25, 0.3) is 0 Å². The third-order valence-electron chi connectivity index (χ3n) is 4.33. The molecule has 0 aromatic heterocycles. The summed E-state index contributed by atoms with van der Waals surface area (Å²) < 4.78 is 0. The summed E-state index contributed by atoms with van der Waals surface area (Å²) in [4.78, 5) is 27.2. The number of hydrogen-bond donors (Lipinski definition) is 2. The Labute approximate surface area is 130 Å². The van der Waals surface area contributed by atoms with Gasteiger partial charge in [-0.1, -0.05) is 0 Å². The van der Waals surface area contributed by atoms with Crippen molar-refractivity contribution in [3.05, 3.63) is 23.8 Å². The lowest BCUT2D eigenvalue weighted by molar-refractivity contribution is -0.119. The van der Waals surface area contributed by atoms with Crippen molar-refractivity contribution in [3.8, 4) is 0 Å². The molecule has 2 aliphatic heterocycles. The van der Waals surface area contributed by atoms with Crippen LogP contribution in [0.1, 0.15) is 18.4 Å². The van der Waals surface area contributed by atoms with E-state index in [1.54, 1.807) is 4.90 Å². The van der Waals surface area contributed by atoms with Crippen LogP contribution < -0.4 is 20.9 Å². The molecule has 22 heavy (non-hydrogen) atoms. The predicted molar refractivity (Wildman–Crippen MR) is 86.0 cm³/mol. The van der Waals surface area contributed by atoms with Crippen molar-refractivity contribution in [1.29, 1.82) is 0 Å². The molecule has 0 spiro atoms. The van der Waals surface area contributed by atoms with Crippen LogP contribution in [0.4, 0.5) is 11.4 Å². The van der Waals surface area contributed by atoms with E-state index in [-0.39, 0.29) is 18.2 Å². The molecule has 1 aromatic carbocycles. The molecule has 6 nitrogen and oxygen atoms in total. The Bertz CT molecular complexity index is 582. The zero-order valence-corrected chi connectivity index (χ0v) is 12.7. The summed E-state index contributed by atoms with van der Waals surface area (Å²) in [7, 11) is 0. The molecule has 2 amide bonds. The topological polar surface area (TPSA) is 78.7 Å². The van der Waals surface area contributed by atoms with Crippen molar-refractivity contribution in [2.45, 2.75) is 19.3 Å². The van der Waals surface area contributed by atoms with Gasteiger partial charge in [-0.3, -0.25) is 9.59 Å². The average molecular weight is 302 g/mol. The highest BCUT2D eigenvalue weighted by Crippen LogP contribution is 2.31. The van der Waals surface area contributed by atoms with Crippen LogP contribution in [-0.2, 0) is 16.0 Å². The van der Waals surface area contributed by atoms with Crippen molar-refractivity contribution in [2.24, 2.45) is 5.73 Å². The summed E-state index contributed by atoms with van der Waals surface area (Å²) in [6.07, 6.45) is 1.46. The maximum Gasteiger partial charge on any atom is 0.227 e. The number of anilines is 2. The number of nitrogens with one attached hydrogen (secondary N) is 1. The van der Waals surface area contributed by atoms with Gasteiger partial charge in [-0.25, -0.2) is 0 Å². The number of aryl methyl sites for hydroxylation is 1. The third kappa shape index (κ3) is 3.06. The normalized spacial score (nSPS) is 18.3. The SMILES string of the molecule is NC(=O)CCN1C(=O)CCc2cc(N3CCNCC3)ccc21. The zero-order valence-electron chi connectivity index (χ0n) is 12.7. The van der Waals surface area contributed by atoms with Crippen LogP contribution in [0, 0.1) is 0 Å². The molecule has 0 saturated carbocycles. The van der Waals surface area contributed by atoms with Gasteiger partial charge >= 0.3 is 0 Å². The average Bonchev–Trinajstić information content (AvgIpc) is 2.54. The number of carbonyl (C=O) groups is 2. The minimum absolute atomic E-state index is 0.0728. The first-order valence-corrected chi connectivity index (χ1v) is 7.82. The molecule has 0 atom stereocenters. The number of nitrogens with zero attached hydrogens (tertiary/aromatic N) is 2. The molecule has 0 unspecified atom stereocenters. The first kappa shape index (κ1) is 14.8. The molecule has 1 saturated heterocycles. The van der Waals surface area contributed by atoms with Crippen LogP contribution in [0.3, 0.4) is 0 Å². The zero-order chi connectivity index (χ0) is 15.5. The quantitative estimate of drug-likeness (QED) is 0.836. The van der Waals surface area contributed by atoms with E-state index in [1.807, 2.05) is 6.07 Å². The van der Waals surface area contributed by atoms with Crippen LogP contribution in [0.2, 0.25) is 0 Å². The molecular formula is C16H22N4O2. The number of hydrogen-bond acceptors (Lipinski definition) is 4. The lowest BCUT2D eigenvalue weighted by Gasteiger charge is -2.33. The summed E-state index contributed by atoms with van der Waals surface area (Å²) in [6.45, 7) is 4.38. The monoisotopic (exact) mass is 302 g/mol. The van der Waals surface area contributed by atoms with Gasteiger partial charge in [0.05, 0.1) is 0 Å². The highest BCUT2D eigenvalue weighted by atomic mass is 16.2. The molecule has 0 radical (unpaired) electrons. The second-order valence-corrected chi connectivity index (χ2v) is 5.81. The van der Waals surface area contributed by atoms with Gasteiger partial charge in [0.15, 0.2) is 0 Å². The maximum absolute atomic E-state index is 12.1. The Hall–Kier alpha value is -2.08. The Kier molecular flexibility index (Phi) is 4.29. The number of piperazine rings is 1. The number of nitrogens with two attached hydrogens (primary N) is 1. The minimum atomic E-state index is -0.377.